The largest absolute Gasteiger partial charge is 0.481 e. The predicted octanol–water partition coefficient (Wildman–Crippen LogP) is 0.800. The third-order valence-corrected chi connectivity index (χ3v) is 1.79. The van der Waals surface area contributed by atoms with E-state index in [1.54, 1.807) is 13.8 Å². The molecule has 0 unspecified atom stereocenters. The van der Waals surface area contributed by atoms with Crippen molar-refractivity contribution < 1.29 is 19.5 Å². The second kappa shape index (κ2) is 3.57. The first-order valence-corrected chi connectivity index (χ1v) is 3.85. The summed E-state index contributed by atoms with van der Waals surface area (Å²) in [6, 6.07) is 0. The molecule has 5 heteroatoms. The Bertz CT molecular complexity index is 298. The van der Waals surface area contributed by atoms with Crippen LogP contribution in [-0.2, 0) is 4.79 Å². The van der Waals surface area contributed by atoms with Crippen molar-refractivity contribution in [2.24, 2.45) is 0 Å². The maximum atomic E-state index is 10.3. The Kier molecular flexibility index (Phi) is 2.67. The Morgan fingerprint density at radius 1 is 1.62 bits per heavy atom. The molecule has 0 aliphatic rings. The quantitative estimate of drug-likeness (QED) is 0.727. The van der Waals surface area contributed by atoms with Crippen LogP contribution in [0.2, 0.25) is 0 Å². The third kappa shape index (κ3) is 2.06. The smallest absolute Gasteiger partial charge is 0.306 e. The predicted molar refractivity (Wildman–Crippen MR) is 43.2 cm³/mol. The van der Waals surface area contributed by atoms with Crippen molar-refractivity contribution in [2.45, 2.75) is 26.4 Å². The summed E-state index contributed by atoms with van der Waals surface area (Å²) in [6.07, 6.45) is -1.37. The number of aryl methyl sites for hydroxylation is 2. The Balaban J connectivity index is 2.87. The van der Waals surface area contributed by atoms with E-state index in [-0.39, 0.29) is 6.42 Å². The number of aliphatic hydroxyl groups excluding tert-OH is 1. The number of rotatable bonds is 3. The first kappa shape index (κ1) is 9.73. The van der Waals surface area contributed by atoms with Crippen LogP contribution < -0.4 is 0 Å². The number of aliphatic hydroxyl groups is 1. The summed E-state index contributed by atoms with van der Waals surface area (Å²) >= 11 is 0. The van der Waals surface area contributed by atoms with Crippen LogP contribution in [0, 0.1) is 13.8 Å². The molecule has 0 aliphatic heterocycles. The standard InChI is InChI=1S/C8H11NO4/c1-4-8(5(2)13-9-4)6(10)3-7(11)12/h6,10H,3H2,1-2H3,(H,11,12)/t6-/m0/s1. The number of hydrogen-bond donors (Lipinski definition) is 2. The molecule has 0 saturated heterocycles. The summed E-state index contributed by atoms with van der Waals surface area (Å²) in [5, 5.41) is 21.5. The molecule has 0 radical (unpaired) electrons. The van der Waals surface area contributed by atoms with Crippen molar-refractivity contribution in [1.82, 2.24) is 5.16 Å². The van der Waals surface area contributed by atoms with Gasteiger partial charge in [0.1, 0.15) is 5.76 Å². The lowest BCUT2D eigenvalue weighted by molar-refractivity contribution is -0.139. The van der Waals surface area contributed by atoms with Crippen LogP contribution in [0.5, 0.6) is 0 Å². The molecular weight excluding hydrogens is 174 g/mol. The number of carbonyl (C=O) groups is 1. The second-order valence-corrected chi connectivity index (χ2v) is 2.85. The highest BCUT2D eigenvalue weighted by molar-refractivity contribution is 5.67. The molecular formula is C8H11NO4. The zero-order chi connectivity index (χ0) is 10.0. The van der Waals surface area contributed by atoms with Gasteiger partial charge < -0.3 is 14.7 Å². The first-order valence-electron chi connectivity index (χ1n) is 3.85. The van der Waals surface area contributed by atoms with Gasteiger partial charge in [-0.25, -0.2) is 0 Å². The fourth-order valence-corrected chi connectivity index (χ4v) is 1.23. The lowest BCUT2D eigenvalue weighted by Gasteiger charge is -2.05. The molecule has 0 fully saturated rings. The Morgan fingerprint density at radius 3 is 2.62 bits per heavy atom. The van der Waals surface area contributed by atoms with Crippen molar-refractivity contribution in [2.75, 3.05) is 0 Å². The highest BCUT2D eigenvalue weighted by Gasteiger charge is 2.20. The molecule has 5 nitrogen and oxygen atoms in total. The van der Waals surface area contributed by atoms with Gasteiger partial charge in [0.05, 0.1) is 18.2 Å². The maximum Gasteiger partial charge on any atom is 0.306 e. The Morgan fingerprint density at radius 2 is 2.23 bits per heavy atom. The van der Waals surface area contributed by atoms with Crippen LogP contribution in [0.15, 0.2) is 4.52 Å². The van der Waals surface area contributed by atoms with Gasteiger partial charge in [0.15, 0.2) is 0 Å². The van der Waals surface area contributed by atoms with Gasteiger partial charge in [0, 0.05) is 5.56 Å². The zero-order valence-electron chi connectivity index (χ0n) is 7.44. The Labute approximate surface area is 75.0 Å². The minimum atomic E-state index is -1.05. The van der Waals surface area contributed by atoms with Crippen LogP contribution in [0.1, 0.15) is 29.5 Å². The van der Waals surface area contributed by atoms with E-state index < -0.39 is 12.1 Å². The SMILES string of the molecule is Cc1noc(C)c1[C@@H](O)CC(=O)O. The molecule has 0 amide bonds. The van der Waals surface area contributed by atoms with E-state index in [9.17, 15) is 9.90 Å². The number of aromatic nitrogens is 1. The fraction of sp³-hybridized carbons (Fsp3) is 0.500. The first-order chi connectivity index (χ1) is 6.02. The van der Waals surface area contributed by atoms with Gasteiger partial charge in [-0.05, 0) is 13.8 Å². The number of nitrogens with zero attached hydrogens (tertiary/aromatic N) is 1. The van der Waals surface area contributed by atoms with E-state index in [1.165, 1.54) is 0 Å². The molecule has 72 valence electrons. The number of carboxylic acid groups (broad SMARTS) is 1. The topological polar surface area (TPSA) is 83.6 Å². The summed E-state index contributed by atoms with van der Waals surface area (Å²) in [4.78, 5) is 10.3. The van der Waals surface area contributed by atoms with Crippen molar-refractivity contribution >= 4 is 5.97 Å². The monoisotopic (exact) mass is 185 g/mol. The van der Waals surface area contributed by atoms with E-state index in [1.807, 2.05) is 0 Å². The minimum Gasteiger partial charge on any atom is -0.481 e. The average Bonchev–Trinajstić information content (AvgIpc) is 2.29. The molecule has 1 atom stereocenters. The summed E-state index contributed by atoms with van der Waals surface area (Å²) in [5.41, 5.74) is 1.01. The van der Waals surface area contributed by atoms with Gasteiger partial charge in [-0.1, -0.05) is 5.16 Å². The summed E-state index contributed by atoms with van der Waals surface area (Å²) in [6.45, 7) is 3.30. The van der Waals surface area contributed by atoms with E-state index in [2.05, 4.69) is 5.16 Å². The minimum absolute atomic E-state index is 0.330. The zero-order valence-corrected chi connectivity index (χ0v) is 7.44. The van der Waals surface area contributed by atoms with Gasteiger partial charge in [-0.15, -0.1) is 0 Å². The van der Waals surface area contributed by atoms with E-state index in [0.717, 1.165) is 0 Å². The van der Waals surface area contributed by atoms with E-state index in [4.69, 9.17) is 9.63 Å². The molecule has 1 aromatic rings. The summed E-state index contributed by atoms with van der Waals surface area (Å²) in [5.74, 6) is -0.584. The molecule has 0 aliphatic carbocycles. The Hall–Kier alpha value is -1.36. The molecule has 0 spiro atoms. The van der Waals surface area contributed by atoms with Gasteiger partial charge in [0.25, 0.3) is 0 Å². The third-order valence-electron chi connectivity index (χ3n) is 1.79. The lowest BCUT2D eigenvalue weighted by atomic mass is 10.1. The van der Waals surface area contributed by atoms with Crippen LogP contribution in [0.25, 0.3) is 0 Å². The summed E-state index contributed by atoms with van der Waals surface area (Å²) in [7, 11) is 0. The highest BCUT2D eigenvalue weighted by atomic mass is 16.5. The molecule has 0 saturated carbocycles. The van der Waals surface area contributed by atoms with Crippen LogP contribution >= 0.6 is 0 Å². The molecule has 2 N–H and O–H groups in total. The van der Waals surface area contributed by atoms with Crippen LogP contribution in [0.4, 0.5) is 0 Å². The van der Waals surface area contributed by atoms with Gasteiger partial charge in [-0.3, -0.25) is 4.79 Å². The molecule has 1 heterocycles. The summed E-state index contributed by atoms with van der Waals surface area (Å²) < 4.78 is 4.80. The van der Waals surface area contributed by atoms with E-state index in [0.29, 0.717) is 17.0 Å². The number of hydrogen-bond acceptors (Lipinski definition) is 4. The highest BCUT2D eigenvalue weighted by Crippen LogP contribution is 2.23. The lowest BCUT2D eigenvalue weighted by Crippen LogP contribution is -2.06. The fourth-order valence-electron chi connectivity index (χ4n) is 1.23. The van der Waals surface area contributed by atoms with Gasteiger partial charge in [0.2, 0.25) is 0 Å². The maximum absolute atomic E-state index is 10.3. The number of carboxylic acids is 1. The van der Waals surface area contributed by atoms with Crippen molar-refractivity contribution in [3.8, 4) is 0 Å². The average molecular weight is 185 g/mol. The van der Waals surface area contributed by atoms with Gasteiger partial charge in [-0.2, -0.15) is 0 Å². The van der Waals surface area contributed by atoms with Crippen molar-refractivity contribution in [3.63, 3.8) is 0 Å². The molecule has 1 rings (SSSR count). The van der Waals surface area contributed by atoms with Crippen molar-refractivity contribution in [1.29, 1.82) is 0 Å². The second-order valence-electron chi connectivity index (χ2n) is 2.85. The van der Waals surface area contributed by atoms with Crippen LogP contribution in [-0.4, -0.2) is 21.3 Å². The van der Waals surface area contributed by atoms with E-state index >= 15 is 0 Å². The van der Waals surface area contributed by atoms with Crippen LogP contribution in [0.3, 0.4) is 0 Å². The number of aliphatic carboxylic acids is 1. The molecule has 13 heavy (non-hydrogen) atoms. The van der Waals surface area contributed by atoms with Crippen molar-refractivity contribution in [3.05, 3.63) is 17.0 Å². The molecule has 0 bridgehead atoms. The van der Waals surface area contributed by atoms with Gasteiger partial charge >= 0.3 is 5.97 Å². The normalized spacial score (nSPS) is 12.8. The molecule has 0 aromatic carbocycles. The molecule has 1 aromatic heterocycles.